The highest BCUT2D eigenvalue weighted by Gasteiger charge is 2.27. The Bertz CT molecular complexity index is 295. The number of halogens is 1. The molecule has 0 radical (unpaired) electrons. The van der Waals surface area contributed by atoms with Gasteiger partial charge in [-0.05, 0) is 31.7 Å². The van der Waals surface area contributed by atoms with Crippen molar-refractivity contribution in [2.24, 2.45) is 11.7 Å². The predicted molar refractivity (Wildman–Crippen MR) is 62.3 cm³/mol. The number of rotatable bonds is 6. The number of nitrogens with two attached hydrogens (primary N) is 1. The average Bonchev–Trinajstić information content (AvgIpc) is 2.27. The van der Waals surface area contributed by atoms with Gasteiger partial charge in [0.05, 0.1) is 12.4 Å². The Balaban J connectivity index is 2.50. The van der Waals surface area contributed by atoms with Gasteiger partial charge in [-0.15, -0.1) is 0 Å². The van der Waals surface area contributed by atoms with Crippen molar-refractivity contribution in [3.05, 3.63) is 0 Å². The lowest BCUT2D eigenvalue weighted by Crippen LogP contribution is -2.45. The molecule has 2 atom stereocenters. The molecule has 0 spiro atoms. The molecular weight excluding hydrogens is 231 g/mol. The molecule has 0 saturated heterocycles. The minimum absolute atomic E-state index is 0.0524. The summed E-state index contributed by atoms with van der Waals surface area (Å²) in [6, 6.07) is -0.0524. The Morgan fingerprint density at radius 2 is 2.00 bits per heavy atom. The first-order valence-corrected chi connectivity index (χ1v) is 7.50. The number of nitrogens with one attached hydrogen (secondary N) is 1. The molecule has 0 amide bonds. The van der Waals surface area contributed by atoms with Crippen molar-refractivity contribution in [3.8, 4) is 0 Å². The Kier molecular flexibility index (Phi) is 5.64. The number of hydrogen-bond acceptors (Lipinski definition) is 3. The SMILES string of the molecule is NC[C@@H]1CCCC[C@H]1NS(=O)(=O)CCCF. The second kappa shape index (κ2) is 6.51. The van der Waals surface area contributed by atoms with Crippen LogP contribution in [-0.4, -0.2) is 33.4 Å². The first kappa shape index (κ1) is 13.9. The fourth-order valence-electron chi connectivity index (χ4n) is 2.18. The maximum absolute atomic E-state index is 11.9. The smallest absolute Gasteiger partial charge is 0.211 e. The summed E-state index contributed by atoms with van der Waals surface area (Å²) in [5, 5.41) is 0. The van der Waals surface area contributed by atoms with E-state index in [-0.39, 0.29) is 24.1 Å². The highest BCUT2D eigenvalue weighted by Crippen LogP contribution is 2.24. The van der Waals surface area contributed by atoms with E-state index in [1.165, 1.54) is 0 Å². The minimum atomic E-state index is -3.33. The molecule has 3 N–H and O–H groups in total. The molecule has 0 aromatic heterocycles. The van der Waals surface area contributed by atoms with E-state index in [0.29, 0.717) is 6.54 Å². The molecule has 1 aliphatic rings. The largest absolute Gasteiger partial charge is 0.330 e. The quantitative estimate of drug-likeness (QED) is 0.734. The average molecular weight is 252 g/mol. The van der Waals surface area contributed by atoms with Crippen LogP contribution in [0, 0.1) is 5.92 Å². The zero-order valence-corrected chi connectivity index (χ0v) is 10.3. The first-order valence-electron chi connectivity index (χ1n) is 5.85. The molecule has 16 heavy (non-hydrogen) atoms. The van der Waals surface area contributed by atoms with Crippen LogP contribution >= 0.6 is 0 Å². The van der Waals surface area contributed by atoms with Crippen LogP contribution in [0.5, 0.6) is 0 Å². The lowest BCUT2D eigenvalue weighted by Gasteiger charge is -2.30. The Hall–Kier alpha value is -0.200. The normalized spacial score (nSPS) is 26.9. The lowest BCUT2D eigenvalue weighted by molar-refractivity contribution is 0.296. The van der Waals surface area contributed by atoms with Crippen molar-refractivity contribution >= 4 is 10.0 Å². The third-order valence-electron chi connectivity index (χ3n) is 3.09. The minimum Gasteiger partial charge on any atom is -0.330 e. The van der Waals surface area contributed by atoms with E-state index in [4.69, 9.17) is 5.73 Å². The zero-order valence-electron chi connectivity index (χ0n) is 9.49. The number of hydrogen-bond donors (Lipinski definition) is 2. The van der Waals surface area contributed by atoms with Crippen molar-refractivity contribution in [2.75, 3.05) is 19.0 Å². The second-order valence-corrected chi connectivity index (χ2v) is 6.24. The first-order chi connectivity index (χ1) is 7.59. The molecule has 4 nitrogen and oxygen atoms in total. The van der Waals surface area contributed by atoms with Crippen molar-refractivity contribution in [3.63, 3.8) is 0 Å². The third-order valence-corrected chi connectivity index (χ3v) is 4.58. The molecule has 1 saturated carbocycles. The van der Waals surface area contributed by atoms with Crippen LogP contribution < -0.4 is 10.5 Å². The van der Waals surface area contributed by atoms with Crippen LogP contribution in [0.1, 0.15) is 32.1 Å². The fraction of sp³-hybridized carbons (Fsp3) is 1.00. The van der Waals surface area contributed by atoms with Gasteiger partial charge in [-0.2, -0.15) is 0 Å². The van der Waals surface area contributed by atoms with Gasteiger partial charge in [0, 0.05) is 6.04 Å². The van der Waals surface area contributed by atoms with Crippen LogP contribution in [0.3, 0.4) is 0 Å². The number of sulfonamides is 1. The van der Waals surface area contributed by atoms with Crippen molar-refractivity contribution in [2.45, 2.75) is 38.1 Å². The third kappa shape index (κ3) is 4.35. The van der Waals surface area contributed by atoms with Gasteiger partial charge >= 0.3 is 0 Å². The van der Waals surface area contributed by atoms with Gasteiger partial charge in [0.15, 0.2) is 0 Å². The Morgan fingerprint density at radius 3 is 2.62 bits per heavy atom. The van der Waals surface area contributed by atoms with Gasteiger partial charge < -0.3 is 5.73 Å². The molecule has 0 aromatic rings. The molecule has 1 aliphatic carbocycles. The van der Waals surface area contributed by atoms with Crippen molar-refractivity contribution in [1.82, 2.24) is 4.72 Å². The molecule has 0 unspecified atom stereocenters. The van der Waals surface area contributed by atoms with Gasteiger partial charge in [-0.1, -0.05) is 12.8 Å². The second-order valence-electron chi connectivity index (χ2n) is 4.37. The van der Waals surface area contributed by atoms with Gasteiger partial charge in [0.2, 0.25) is 10.0 Å². The van der Waals surface area contributed by atoms with Gasteiger partial charge in [-0.3, -0.25) is 4.39 Å². The molecule has 0 aliphatic heterocycles. The van der Waals surface area contributed by atoms with Crippen LogP contribution in [0.15, 0.2) is 0 Å². The Morgan fingerprint density at radius 1 is 1.31 bits per heavy atom. The Labute approximate surface area is 96.8 Å². The van der Waals surface area contributed by atoms with Gasteiger partial charge in [-0.25, -0.2) is 13.1 Å². The van der Waals surface area contributed by atoms with E-state index in [1.807, 2.05) is 0 Å². The molecule has 0 bridgehead atoms. The van der Waals surface area contributed by atoms with Gasteiger partial charge in [0.1, 0.15) is 0 Å². The molecule has 6 heteroatoms. The maximum Gasteiger partial charge on any atom is 0.211 e. The topological polar surface area (TPSA) is 72.2 Å². The molecule has 1 rings (SSSR count). The summed E-state index contributed by atoms with van der Waals surface area (Å²) in [5.41, 5.74) is 5.62. The van der Waals surface area contributed by atoms with Crippen LogP contribution in [-0.2, 0) is 10.0 Å². The van der Waals surface area contributed by atoms with E-state index in [1.54, 1.807) is 0 Å². The summed E-state index contributed by atoms with van der Waals surface area (Å²) in [5.74, 6) is 0.103. The molecule has 1 fully saturated rings. The summed E-state index contributed by atoms with van der Waals surface area (Å²) in [7, 11) is -3.33. The van der Waals surface area contributed by atoms with E-state index in [9.17, 15) is 12.8 Å². The van der Waals surface area contributed by atoms with Crippen molar-refractivity contribution < 1.29 is 12.8 Å². The van der Waals surface area contributed by atoms with Crippen LogP contribution in [0.4, 0.5) is 4.39 Å². The number of alkyl halides is 1. The van der Waals surface area contributed by atoms with Crippen molar-refractivity contribution in [1.29, 1.82) is 0 Å². The lowest BCUT2D eigenvalue weighted by atomic mass is 9.85. The van der Waals surface area contributed by atoms with E-state index in [0.717, 1.165) is 25.7 Å². The maximum atomic E-state index is 11.9. The molecular formula is C10H21FN2O2S. The highest BCUT2D eigenvalue weighted by atomic mass is 32.2. The predicted octanol–water partition coefficient (Wildman–Crippen LogP) is 0.783. The zero-order chi connectivity index (χ0) is 12.0. The summed E-state index contributed by atoms with van der Waals surface area (Å²) in [6.07, 6.45) is 4.04. The van der Waals surface area contributed by atoms with E-state index < -0.39 is 16.7 Å². The van der Waals surface area contributed by atoms with Crippen LogP contribution in [0.2, 0.25) is 0 Å². The standard InChI is InChI=1S/C10H21FN2O2S/c11-6-3-7-16(14,15)13-10-5-2-1-4-9(10)8-12/h9-10,13H,1-8,12H2/t9-,10+/m0/s1. The summed E-state index contributed by atoms with van der Waals surface area (Å²) in [6.45, 7) is -0.0812. The molecule has 0 heterocycles. The van der Waals surface area contributed by atoms with E-state index in [2.05, 4.69) is 4.72 Å². The monoisotopic (exact) mass is 252 g/mol. The highest BCUT2D eigenvalue weighted by molar-refractivity contribution is 7.89. The van der Waals surface area contributed by atoms with E-state index >= 15 is 0 Å². The summed E-state index contributed by atoms with van der Waals surface area (Å²) in [4.78, 5) is 0. The van der Waals surface area contributed by atoms with Crippen LogP contribution in [0.25, 0.3) is 0 Å². The summed E-state index contributed by atoms with van der Waals surface area (Å²) >= 11 is 0. The fourth-order valence-corrected chi connectivity index (χ4v) is 3.56. The summed E-state index contributed by atoms with van der Waals surface area (Å²) < 4.78 is 37.8. The molecule has 96 valence electrons. The van der Waals surface area contributed by atoms with Gasteiger partial charge in [0.25, 0.3) is 0 Å². The molecule has 0 aromatic carbocycles.